The third-order valence-electron chi connectivity index (χ3n) is 5.98. The number of rotatable bonds is 6. The second-order valence-electron chi connectivity index (χ2n) is 8.54. The van der Waals surface area contributed by atoms with Crippen molar-refractivity contribution in [3.05, 3.63) is 65.7 Å². The van der Waals surface area contributed by atoms with E-state index < -0.39 is 0 Å². The van der Waals surface area contributed by atoms with Gasteiger partial charge < -0.3 is 19.7 Å². The number of nitrogens with one attached hydrogen (secondary N) is 1. The van der Waals surface area contributed by atoms with E-state index in [1.165, 1.54) is 11.1 Å². The van der Waals surface area contributed by atoms with Crippen LogP contribution in [-0.4, -0.2) is 43.7 Å². The van der Waals surface area contributed by atoms with Crippen LogP contribution in [0.25, 0.3) is 5.57 Å². The van der Waals surface area contributed by atoms with Gasteiger partial charge in [-0.15, -0.1) is 0 Å². The highest BCUT2D eigenvalue weighted by molar-refractivity contribution is 5.80. The number of nitrogens with zero attached hydrogens (tertiary/aromatic N) is 1. The summed E-state index contributed by atoms with van der Waals surface area (Å²) in [6.45, 7) is 7.44. The van der Waals surface area contributed by atoms with E-state index in [1.54, 1.807) is 0 Å². The average molecular weight is 421 g/mol. The number of benzene rings is 2. The monoisotopic (exact) mass is 420 g/mol. The molecule has 5 nitrogen and oxygen atoms in total. The highest BCUT2D eigenvalue weighted by Crippen LogP contribution is 2.34. The smallest absolute Gasteiger partial charge is 0.236 e. The Balaban J connectivity index is 1.37. The molecule has 31 heavy (non-hydrogen) atoms. The lowest BCUT2D eigenvalue weighted by molar-refractivity contribution is -0.130. The third kappa shape index (κ3) is 5.28. The predicted octanol–water partition coefficient (Wildman–Crippen LogP) is 4.45. The second kappa shape index (κ2) is 10.0. The van der Waals surface area contributed by atoms with E-state index in [0.717, 1.165) is 36.4 Å². The Bertz CT molecular complexity index is 924. The maximum Gasteiger partial charge on any atom is 0.236 e. The summed E-state index contributed by atoms with van der Waals surface area (Å²) in [6.07, 6.45) is 3.96. The first-order valence-electron chi connectivity index (χ1n) is 11.3. The van der Waals surface area contributed by atoms with Gasteiger partial charge in [0.05, 0.1) is 19.8 Å². The van der Waals surface area contributed by atoms with Gasteiger partial charge in [-0.25, -0.2) is 0 Å². The van der Waals surface area contributed by atoms with E-state index >= 15 is 0 Å². The van der Waals surface area contributed by atoms with Gasteiger partial charge >= 0.3 is 0 Å². The zero-order chi connectivity index (χ0) is 21.6. The van der Waals surface area contributed by atoms with Crippen molar-refractivity contribution in [3.63, 3.8) is 0 Å². The summed E-state index contributed by atoms with van der Waals surface area (Å²) in [5, 5.41) is 3.49. The van der Waals surface area contributed by atoms with Crippen LogP contribution < -0.4 is 14.8 Å². The van der Waals surface area contributed by atoms with Crippen LogP contribution in [0, 0.1) is 5.92 Å². The van der Waals surface area contributed by atoms with E-state index in [4.69, 9.17) is 9.47 Å². The molecule has 4 rings (SSSR count). The van der Waals surface area contributed by atoms with E-state index in [-0.39, 0.29) is 11.9 Å². The SMILES string of the molecule is CC(C)[C@H](NCC(=O)N1CC=C(c2ccccc2)CC1)c1ccc2c(c1)OCCCO2. The first-order valence-corrected chi connectivity index (χ1v) is 11.3. The van der Waals surface area contributed by atoms with Gasteiger partial charge in [-0.2, -0.15) is 0 Å². The molecule has 0 fully saturated rings. The normalized spacial score (nSPS) is 17.1. The summed E-state index contributed by atoms with van der Waals surface area (Å²) >= 11 is 0. The molecule has 0 spiro atoms. The quantitative estimate of drug-likeness (QED) is 0.750. The minimum Gasteiger partial charge on any atom is -0.490 e. The number of ether oxygens (including phenoxy) is 2. The molecule has 1 atom stereocenters. The lowest BCUT2D eigenvalue weighted by Gasteiger charge is -2.29. The lowest BCUT2D eigenvalue weighted by Crippen LogP contribution is -2.42. The molecule has 1 N–H and O–H groups in total. The van der Waals surface area contributed by atoms with Crippen molar-refractivity contribution < 1.29 is 14.3 Å². The molecule has 2 aromatic carbocycles. The van der Waals surface area contributed by atoms with Crippen molar-refractivity contribution in [3.8, 4) is 11.5 Å². The van der Waals surface area contributed by atoms with Crippen molar-refractivity contribution in [1.29, 1.82) is 0 Å². The van der Waals surface area contributed by atoms with E-state index in [2.05, 4.69) is 61.6 Å². The molecule has 0 bridgehead atoms. The molecule has 0 radical (unpaired) electrons. The van der Waals surface area contributed by atoms with Gasteiger partial charge in [-0.3, -0.25) is 4.79 Å². The number of hydrogen-bond acceptors (Lipinski definition) is 4. The maximum atomic E-state index is 12.9. The van der Waals surface area contributed by atoms with E-state index in [0.29, 0.717) is 32.2 Å². The lowest BCUT2D eigenvalue weighted by atomic mass is 9.95. The zero-order valence-corrected chi connectivity index (χ0v) is 18.5. The molecule has 0 aromatic heterocycles. The Morgan fingerprint density at radius 1 is 1.06 bits per heavy atom. The fourth-order valence-electron chi connectivity index (χ4n) is 4.23. The Labute approximate surface area is 185 Å². The Morgan fingerprint density at radius 2 is 1.84 bits per heavy atom. The van der Waals surface area contributed by atoms with Crippen molar-refractivity contribution >= 4 is 11.5 Å². The number of hydrogen-bond donors (Lipinski definition) is 1. The minimum atomic E-state index is 0.0707. The number of carbonyl (C=O) groups excluding carboxylic acids is 1. The molecule has 164 valence electrons. The Morgan fingerprint density at radius 3 is 2.55 bits per heavy atom. The molecule has 0 unspecified atom stereocenters. The largest absolute Gasteiger partial charge is 0.490 e. The summed E-state index contributed by atoms with van der Waals surface area (Å²) in [7, 11) is 0. The number of fused-ring (bicyclic) bond motifs is 1. The summed E-state index contributed by atoms with van der Waals surface area (Å²) in [4.78, 5) is 14.8. The van der Waals surface area contributed by atoms with Crippen molar-refractivity contribution in [2.45, 2.75) is 32.7 Å². The molecule has 5 heteroatoms. The summed E-state index contributed by atoms with van der Waals surface area (Å²) < 4.78 is 11.6. The van der Waals surface area contributed by atoms with Crippen molar-refractivity contribution in [1.82, 2.24) is 10.2 Å². The molecule has 2 heterocycles. The molecule has 2 aromatic rings. The van der Waals surface area contributed by atoms with Crippen LogP contribution in [-0.2, 0) is 4.79 Å². The molecule has 0 saturated carbocycles. The zero-order valence-electron chi connectivity index (χ0n) is 18.5. The maximum absolute atomic E-state index is 12.9. The van der Waals surface area contributed by atoms with Crippen LogP contribution in [0.15, 0.2) is 54.6 Å². The molecular formula is C26H32N2O3. The highest BCUT2D eigenvalue weighted by atomic mass is 16.5. The fourth-order valence-corrected chi connectivity index (χ4v) is 4.23. The van der Waals surface area contributed by atoms with Gasteiger partial charge in [-0.05, 0) is 41.2 Å². The topological polar surface area (TPSA) is 50.8 Å². The summed E-state index contributed by atoms with van der Waals surface area (Å²) in [5.41, 5.74) is 3.70. The van der Waals surface area contributed by atoms with Gasteiger partial charge in [0.25, 0.3) is 0 Å². The Hall–Kier alpha value is -2.79. The molecule has 1 amide bonds. The van der Waals surface area contributed by atoms with Crippen molar-refractivity contribution in [2.24, 2.45) is 5.92 Å². The number of amides is 1. The van der Waals surface area contributed by atoms with Gasteiger partial charge in [-0.1, -0.05) is 56.3 Å². The highest BCUT2D eigenvalue weighted by Gasteiger charge is 2.22. The summed E-state index contributed by atoms with van der Waals surface area (Å²) in [6, 6.07) is 16.6. The summed E-state index contributed by atoms with van der Waals surface area (Å²) in [5.74, 6) is 2.07. The van der Waals surface area contributed by atoms with E-state index in [1.807, 2.05) is 17.0 Å². The first-order chi connectivity index (χ1) is 15.1. The predicted molar refractivity (Wildman–Crippen MR) is 123 cm³/mol. The number of carbonyl (C=O) groups is 1. The minimum absolute atomic E-state index is 0.0707. The molecule has 0 saturated heterocycles. The molecule has 0 aliphatic carbocycles. The van der Waals surface area contributed by atoms with Crippen LogP contribution in [0.3, 0.4) is 0 Å². The van der Waals surface area contributed by atoms with Crippen LogP contribution in [0.5, 0.6) is 11.5 Å². The van der Waals surface area contributed by atoms with Gasteiger partial charge in [0.15, 0.2) is 11.5 Å². The van der Waals surface area contributed by atoms with Crippen LogP contribution >= 0.6 is 0 Å². The van der Waals surface area contributed by atoms with Crippen LogP contribution in [0.4, 0.5) is 0 Å². The molecule has 2 aliphatic rings. The van der Waals surface area contributed by atoms with E-state index in [9.17, 15) is 4.79 Å². The Kier molecular flexibility index (Phi) is 6.92. The van der Waals surface area contributed by atoms with Gasteiger partial charge in [0.1, 0.15) is 0 Å². The van der Waals surface area contributed by atoms with Crippen LogP contribution in [0.2, 0.25) is 0 Å². The second-order valence-corrected chi connectivity index (χ2v) is 8.54. The molecular weight excluding hydrogens is 388 g/mol. The third-order valence-corrected chi connectivity index (χ3v) is 5.98. The van der Waals surface area contributed by atoms with Gasteiger partial charge in [0, 0.05) is 25.6 Å². The fraction of sp³-hybridized carbons (Fsp3) is 0.423. The molecule has 2 aliphatic heterocycles. The first kappa shape index (κ1) is 21.4. The standard InChI is InChI=1S/C26H32N2O3/c1-19(2)26(22-9-10-23-24(17-22)31-16-6-15-30-23)27-18-25(29)28-13-11-21(12-14-28)20-7-4-3-5-8-20/h3-5,7-11,17,19,26-27H,6,12-16,18H2,1-2H3/t26-/m0/s1. The average Bonchev–Trinajstić information content (AvgIpc) is 3.04. The van der Waals surface area contributed by atoms with Crippen molar-refractivity contribution in [2.75, 3.05) is 32.8 Å². The van der Waals surface area contributed by atoms with Gasteiger partial charge in [0.2, 0.25) is 5.91 Å². The van der Waals surface area contributed by atoms with Crippen LogP contribution in [0.1, 0.15) is 43.9 Å².